The first kappa shape index (κ1) is 15.2. The van der Waals surface area contributed by atoms with Crippen molar-refractivity contribution in [2.75, 3.05) is 6.54 Å². The van der Waals surface area contributed by atoms with Crippen LogP contribution in [0.1, 0.15) is 36.8 Å². The molecule has 1 aliphatic heterocycles. The molecular formula is C19H21N3O2. The van der Waals surface area contributed by atoms with Crippen LogP contribution in [0.15, 0.2) is 53.1 Å². The van der Waals surface area contributed by atoms with Gasteiger partial charge in [0.05, 0.1) is 12.2 Å². The molecule has 0 bridgehead atoms. The van der Waals surface area contributed by atoms with Gasteiger partial charge in [0.1, 0.15) is 5.76 Å². The number of hydroxylamine groups is 2. The Bertz CT molecular complexity index is 824. The lowest BCUT2D eigenvalue weighted by molar-refractivity contribution is 0.182. The van der Waals surface area contributed by atoms with Crippen molar-refractivity contribution in [3.63, 3.8) is 0 Å². The molecular weight excluding hydrogens is 302 g/mol. The average Bonchev–Trinajstić information content (AvgIpc) is 3.26. The smallest absolute Gasteiger partial charge is 0.307 e. The van der Waals surface area contributed by atoms with Crippen LogP contribution in [0, 0.1) is 12.1 Å². The van der Waals surface area contributed by atoms with Gasteiger partial charge in [0.25, 0.3) is 0 Å². The second kappa shape index (κ2) is 5.92. The second-order valence-corrected chi connectivity index (χ2v) is 6.45. The zero-order chi connectivity index (χ0) is 16.6. The number of hydrogen-bond acceptors (Lipinski definition) is 3. The summed E-state index contributed by atoms with van der Waals surface area (Å²) in [6, 6.07) is 13.5. The number of benzene rings is 1. The SMILES string of the molecule is Cc1ccc(C2CCCC[N+]2([O-])c2nc(-c3ccccc3)c[nH]2)o1. The minimum atomic E-state index is -0.472. The van der Waals surface area contributed by atoms with Crippen molar-refractivity contribution in [1.29, 1.82) is 0 Å². The van der Waals surface area contributed by atoms with Gasteiger partial charge in [-0.25, -0.2) is 0 Å². The highest BCUT2D eigenvalue weighted by Crippen LogP contribution is 2.41. The van der Waals surface area contributed by atoms with E-state index >= 15 is 0 Å². The topological polar surface area (TPSA) is 64.9 Å². The number of hydrogen-bond donors (Lipinski definition) is 1. The van der Waals surface area contributed by atoms with Crippen LogP contribution in [0.4, 0.5) is 5.95 Å². The van der Waals surface area contributed by atoms with E-state index in [9.17, 15) is 5.21 Å². The maximum Gasteiger partial charge on any atom is 0.307 e. The Hall–Kier alpha value is -2.37. The minimum Gasteiger partial charge on any atom is -0.625 e. The highest BCUT2D eigenvalue weighted by Gasteiger charge is 2.39. The molecule has 1 N–H and O–H groups in total. The third-order valence-electron chi connectivity index (χ3n) is 4.80. The minimum absolute atomic E-state index is 0.234. The number of aryl methyl sites for hydroxylation is 1. The molecule has 2 atom stereocenters. The molecule has 3 aromatic rings. The quantitative estimate of drug-likeness (QED) is 0.561. The fraction of sp³-hybridized carbons (Fsp3) is 0.316. The number of aromatic nitrogens is 2. The maximum absolute atomic E-state index is 13.7. The standard InChI is InChI=1S/C19H21N3O2/c1-14-10-11-18(24-14)17-9-5-6-12-22(17,23)19-20-13-16(21-19)15-7-3-2-4-8-15/h2-4,7-8,10-11,13,17H,5-6,9,12H2,1H3,(H,20,21). The fourth-order valence-corrected chi connectivity index (χ4v) is 3.54. The summed E-state index contributed by atoms with van der Waals surface area (Å²) >= 11 is 0. The predicted molar refractivity (Wildman–Crippen MR) is 94.1 cm³/mol. The number of nitrogens with one attached hydrogen (secondary N) is 1. The molecule has 4 rings (SSSR count). The van der Waals surface area contributed by atoms with E-state index < -0.39 is 4.65 Å². The Morgan fingerprint density at radius 1 is 1.17 bits per heavy atom. The Balaban J connectivity index is 1.71. The predicted octanol–water partition coefficient (Wildman–Crippen LogP) is 4.71. The fourth-order valence-electron chi connectivity index (χ4n) is 3.54. The molecule has 3 heterocycles. The lowest BCUT2D eigenvalue weighted by Gasteiger charge is -2.47. The van der Waals surface area contributed by atoms with E-state index in [2.05, 4.69) is 9.97 Å². The molecule has 0 aliphatic carbocycles. The van der Waals surface area contributed by atoms with Gasteiger partial charge in [-0.3, -0.25) is 9.63 Å². The largest absolute Gasteiger partial charge is 0.625 e. The number of nitrogens with zero attached hydrogens (tertiary/aromatic N) is 2. The van der Waals surface area contributed by atoms with E-state index in [-0.39, 0.29) is 6.04 Å². The number of furan rings is 1. The molecule has 1 aromatic carbocycles. The molecule has 2 aromatic heterocycles. The molecule has 24 heavy (non-hydrogen) atoms. The van der Waals surface area contributed by atoms with Crippen molar-refractivity contribution in [3.05, 3.63) is 65.4 Å². The van der Waals surface area contributed by atoms with Crippen molar-refractivity contribution in [1.82, 2.24) is 14.6 Å². The van der Waals surface area contributed by atoms with Gasteiger partial charge in [-0.2, -0.15) is 4.98 Å². The number of imidazole rings is 1. The lowest BCUT2D eigenvalue weighted by atomic mass is 10.00. The van der Waals surface area contributed by atoms with Gasteiger partial charge in [0, 0.05) is 18.2 Å². The Morgan fingerprint density at radius 2 is 2.00 bits per heavy atom. The summed E-state index contributed by atoms with van der Waals surface area (Å²) in [5, 5.41) is 13.7. The number of piperidine rings is 1. The van der Waals surface area contributed by atoms with E-state index in [1.54, 1.807) is 0 Å². The van der Waals surface area contributed by atoms with E-state index in [0.29, 0.717) is 12.5 Å². The molecule has 1 saturated heterocycles. The van der Waals surface area contributed by atoms with Crippen LogP contribution in [0.25, 0.3) is 11.3 Å². The van der Waals surface area contributed by atoms with Crippen LogP contribution < -0.4 is 4.65 Å². The third kappa shape index (κ3) is 2.56. The first-order valence-corrected chi connectivity index (χ1v) is 8.43. The third-order valence-corrected chi connectivity index (χ3v) is 4.80. The molecule has 0 radical (unpaired) electrons. The Kier molecular flexibility index (Phi) is 3.75. The molecule has 2 unspecified atom stereocenters. The van der Waals surface area contributed by atoms with E-state index in [4.69, 9.17) is 4.42 Å². The molecule has 0 amide bonds. The molecule has 0 saturated carbocycles. The first-order chi connectivity index (χ1) is 11.7. The molecule has 5 heteroatoms. The number of aromatic amines is 1. The Morgan fingerprint density at radius 3 is 2.75 bits per heavy atom. The van der Waals surface area contributed by atoms with Crippen LogP contribution in [-0.2, 0) is 0 Å². The van der Waals surface area contributed by atoms with Gasteiger partial charge >= 0.3 is 5.95 Å². The highest BCUT2D eigenvalue weighted by atomic mass is 16.6. The van der Waals surface area contributed by atoms with Gasteiger partial charge < -0.3 is 9.62 Å². The van der Waals surface area contributed by atoms with Gasteiger partial charge in [-0.15, -0.1) is 0 Å². The van der Waals surface area contributed by atoms with Crippen molar-refractivity contribution >= 4 is 5.95 Å². The van der Waals surface area contributed by atoms with Crippen molar-refractivity contribution < 1.29 is 4.42 Å². The van der Waals surface area contributed by atoms with Crippen LogP contribution in [0.3, 0.4) is 0 Å². The zero-order valence-corrected chi connectivity index (χ0v) is 13.7. The van der Waals surface area contributed by atoms with E-state index in [0.717, 1.165) is 42.0 Å². The van der Waals surface area contributed by atoms with Crippen LogP contribution >= 0.6 is 0 Å². The maximum atomic E-state index is 13.7. The van der Waals surface area contributed by atoms with E-state index in [1.165, 1.54) is 0 Å². The van der Waals surface area contributed by atoms with Crippen molar-refractivity contribution in [2.24, 2.45) is 0 Å². The van der Waals surface area contributed by atoms with Crippen LogP contribution in [-0.4, -0.2) is 16.5 Å². The lowest BCUT2D eigenvalue weighted by Crippen LogP contribution is -2.50. The summed E-state index contributed by atoms with van der Waals surface area (Å²) in [6.07, 6.45) is 4.58. The normalized spacial score (nSPS) is 24.2. The van der Waals surface area contributed by atoms with Gasteiger partial charge in [0.2, 0.25) is 0 Å². The van der Waals surface area contributed by atoms with Crippen LogP contribution in [0.2, 0.25) is 0 Å². The van der Waals surface area contributed by atoms with Gasteiger partial charge in [-0.05, 0) is 31.9 Å². The monoisotopic (exact) mass is 323 g/mol. The molecule has 1 aliphatic rings. The Labute approximate surface area is 141 Å². The summed E-state index contributed by atoms with van der Waals surface area (Å²) in [5.74, 6) is 2.07. The van der Waals surface area contributed by atoms with Crippen molar-refractivity contribution in [2.45, 2.75) is 32.2 Å². The van der Waals surface area contributed by atoms with E-state index in [1.807, 2.05) is 55.6 Å². The average molecular weight is 323 g/mol. The number of quaternary nitrogens is 1. The first-order valence-electron chi connectivity index (χ1n) is 8.43. The summed E-state index contributed by atoms with van der Waals surface area (Å²) in [7, 11) is 0. The number of rotatable bonds is 3. The second-order valence-electron chi connectivity index (χ2n) is 6.45. The van der Waals surface area contributed by atoms with Gasteiger partial charge in [-0.1, -0.05) is 30.3 Å². The van der Waals surface area contributed by atoms with Gasteiger partial charge in [0.15, 0.2) is 11.8 Å². The number of H-pyrrole nitrogens is 1. The molecule has 5 nitrogen and oxygen atoms in total. The molecule has 0 spiro atoms. The van der Waals surface area contributed by atoms with Crippen molar-refractivity contribution in [3.8, 4) is 11.3 Å². The summed E-state index contributed by atoms with van der Waals surface area (Å²) in [5.41, 5.74) is 1.81. The highest BCUT2D eigenvalue weighted by molar-refractivity contribution is 5.60. The molecule has 124 valence electrons. The van der Waals surface area contributed by atoms with Crippen LogP contribution in [0.5, 0.6) is 0 Å². The summed E-state index contributed by atoms with van der Waals surface area (Å²) in [6.45, 7) is 2.43. The summed E-state index contributed by atoms with van der Waals surface area (Å²) < 4.78 is 5.30. The molecule has 1 fully saturated rings. The summed E-state index contributed by atoms with van der Waals surface area (Å²) in [4.78, 5) is 7.75. The zero-order valence-electron chi connectivity index (χ0n) is 13.7.